The summed E-state index contributed by atoms with van der Waals surface area (Å²) in [7, 11) is 0. The fraction of sp³-hybridized carbons (Fsp3) is 0.235. The molecule has 3 aromatic rings. The zero-order valence-electron chi connectivity index (χ0n) is 13.4. The number of aromatic nitrogens is 4. The van der Waals surface area contributed by atoms with Crippen LogP contribution in [0.1, 0.15) is 12.0 Å². The Balaban J connectivity index is 1.58. The Bertz CT molecular complexity index is 890. The average molecular weight is 375 g/mol. The summed E-state index contributed by atoms with van der Waals surface area (Å²) in [6.07, 6.45) is 4.52. The first-order valence-electron chi connectivity index (χ1n) is 8.01. The minimum absolute atomic E-state index is 0.445. The van der Waals surface area contributed by atoms with Gasteiger partial charge in [-0.05, 0) is 24.6 Å². The van der Waals surface area contributed by atoms with Gasteiger partial charge in [-0.15, -0.1) is 0 Å². The SMILES string of the molecule is Clc1cccc(-n2ncnc2NCc2cccnc2N2CCC2)c1Cl. The van der Waals surface area contributed by atoms with Crippen LogP contribution in [0.3, 0.4) is 0 Å². The Kier molecular flexibility index (Phi) is 4.46. The molecule has 0 amide bonds. The Morgan fingerprint density at radius 3 is 2.76 bits per heavy atom. The molecule has 0 radical (unpaired) electrons. The summed E-state index contributed by atoms with van der Waals surface area (Å²) in [6.45, 7) is 2.70. The first-order chi connectivity index (χ1) is 12.2. The number of pyridine rings is 1. The molecule has 6 nitrogen and oxygen atoms in total. The van der Waals surface area contributed by atoms with E-state index in [-0.39, 0.29) is 0 Å². The van der Waals surface area contributed by atoms with Gasteiger partial charge in [0.2, 0.25) is 5.95 Å². The van der Waals surface area contributed by atoms with E-state index in [9.17, 15) is 0 Å². The Morgan fingerprint density at radius 1 is 1.08 bits per heavy atom. The number of hydrogen-bond acceptors (Lipinski definition) is 5. The van der Waals surface area contributed by atoms with Crippen LogP contribution < -0.4 is 10.2 Å². The van der Waals surface area contributed by atoms with Crippen LogP contribution in [0.25, 0.3) is 5.69 Å². The van der Waals surface area contributed by atoms with Crippen LogP contribution in [0.2, 0.25) is 10.0 Å². The monoisotopic (exact) mass is 374 g/mol. The van der Waals surface area contributed by atoms with E-state index in [1.807, 2.05) is 24.4 Å². The molecule has 25 heavy (non-hydrogen) atoms. The molecule has 0 atom stereocenters. The molecule has 0 saturated carbocycles. The predicted molar refractivity (Wildman–Crippen MR) is 99.8 cm³/mol. The summed E-state index contributed by atoms with van der Waals surface area (Å²) in [5, 5.41) is 8.50. The molecule has 0 aliphatic carbocycles. The maximum Gasteiger partial charge on any atom is 0.226 e. The van der Waals surface area contributed by atoms with Crippen molar-refractivity contribution in [3.8, 4) is 5.69 Å². The van der Waals surface area contributed by atoms with Gasteiger partial charge in [-0.25, -0.2) is 4.98 Å². The molecule has 1 aliphatic heterocycles. The topological polar surface area (TPSA) is 58.9 Å². The molecule has 4 rings (SSSR count). The molecule has 1 saturated heterocycles. The number of rotatable bonds is 5. The molecule has 2 aromatic heterocycles. The Morgan fingerprint density at radius 2 is 1.96 bits per heavy atom. The van der Waals surface area contributed by atoms with E-state index in [1.54, 1.807) is 10.7 Å². The number of halogens is 2. The van der Waals surface area contributed by atoms with E-state index in [0.29, 0.717) is 28.2 Å². The van der Waals surface area contributed by atoms with Gasteiger partial charge in [0.25, 0.3) is 0 Å². The summed E-state index contributed by atoms with van der Waals surface area (Å²) in [5.74, 6) is 1.62. The third-order valence-electron chi connectivity index (χ3n) is 4.17. The van der Waals surface area contributed by atoms with Crippen LogP contribution in [0, 0.1) is 0 Å². The summed E-state index contributed by atoms with van der Waals surface area (Å²) >= 11 is 12.4. The lowest BCUT2D eigenvalue weighted by molar-refractivity contribution is 0.606. The van der Waals surface area contributed by atoms with Crippen molar-refractivity contribution >= 4 is 35.0 Å². The molecule has 1 N–H and O–H groups in total. The number of benzene rings is 1. The van der Waals surface area contributed by atoms with Crippen LogP contribution in [-0.2, 0) is 6.54 Å². The highest BCUT2D eigenvalue weighted by Crippen LogP contribution is 2.29. The first-order valence-corrected chi connectivity index (χ1v) is 8.77. The van der Waals surface area contributed by atoms with E-state index >= 15 is 0 Å². The smallest absolute Gasteiger partial charge is 0.226 e. The minimum atomic E-state index is 0.445. The molecule has 0 unspecified atom stereocenters. The zero-order chi connectivity index (χ0) is 17.2. The second-order valence-corrected chi connectivity index (χ2v) is 6.53. The van der Waals surface area contributed by atoms with Crippen molar-refractivity contribution in [3.63, 3.8) is 0 Å². The van der Waals surface area contributed by atoms with Crippen LogP contribution >= 0.6 is 23.2 Å². The van der Waals surface area contributed by atoms with Gasteiger partial charge in [-0.2, -0.15) is 14.8 Å². The van der Waals surface area contributed by atoms with E-state index in [2.05, 4.69) is 31.3 Å². The van der Waals surface area contributed by atoms with Gasteiger partial charge in [-0.3, -0.25) is 0 Å². The normalized spacial score (nSPS) is 13.6. The summed E-state index contributed by atoms with van der Waals surface area (Å²) in [6, 6.07) is 9.44. The summed E-state index contributed by atoms with van der Waals surface area (Å²) in [5.41, 5.74) is 1.80. The lowest BCUT2D eigenvalue weighted by atomic mass is 10.1. The van der Waals surface area contributed by atoms with Crippen molar-refractivity contribution in [2.24, 2.45) is 0 Å². The van der Waals surface area contributed by atoms with Crippen molar-refractivity contribution in [3.05, 3.63) is 58.5 Å². The standard InChI is InChI=1S/C17H16Cl2N6/c18-13-5-1-6-14(15(13)19)25-17(22-11-23-25)21-10-12-4-2-7-20-16(12)24-8-3-9-24/h1-2,4-7,11H,3,8-10H2,(H,21,22,23). The predicted octanol–water partition coefficient (Wildman–Crippen LogP) is 3.79. The Hall–Kier alpha value is -2.31. The number of nitrogens with zero attached hydrogens (tertiary/aromatic N) is 5. The van der Waals surface area contributed by atoms with Crippen LogP contribution in [0.15, 0.2) is 42.9 Å². The van der Waals surface area contributed by atoms with Crippen LogP contribution in [0.4, 0.5) is 11.8 Å². The number of nitrogens with one attached hydrogen (secondary N) is 1. The van der Waals surface area contributed by atoms with Gasteiger partial charge in [0, 0.05) is 31.4 Å². The molecule has 1 aromatic carbocycles. The second kappa shape index (κ2) is 6.90. The molecular weight excluding hydrogens is 359 g/mol. The zero-order valence-corrected chi connectivity index (χ0v) is 14.9. The minimum Gasteiger partial charge on any atom is -0.356 e. The highest BCUT2D eigenvalue weighted by atomic mass is 35.5. The number of anilines is 2. The van der Waals surface area contributed by atoms with Crippen molar-refractivity contribution in [2.75, 3.05) is 23.3 Å². The Labute approximate surface area is 155 Å². The fourth-order valence-electron chi connectivity index (χ4n) is 2.75. The second-order valence-electron chi connectivity index (χ2n) is 5.75. The molecule has 1 fully saturated rings. The highest BCUT2D eigenvalue weighted by molar-refractivity contribution is 6.43. The maximum atomic E-state index is 6.30. The summed E-state index contributed by atoms with van der Waals surface area (Å²) in [4.78, 5) is 11.1. The van der Waals surface area contributed by atoms with Crippen molar-refractivity contribution in [1.82, 2.24) is 19.7 Å². The van der Waals surface area contributed by atoms with E-state index < -0.39 is 0 Å². The molecule has 128 valence electrons. The summed E-state index contributed by atoms with van der Waals surface area (Å²) < 4.78 is 1.65. The fourth-order valence-corrected chi connectivity index (χ4v) is 3.13. The van der Waals surface area contributed by atoms with Gasteiger partial charge in [-0.1, -0.05) is 35.3 Å². The third kappa shape index (κ3) is 3.15. The third-order valence-corrected chi connectivity index (χ3v) is 4.98. The van der Waals surface area contributed by atoms with E-state index in [1.165, 1.54) is 12.7 Å². The van der Waals surface area contributed by atoms with Crippen LogP contribution in [-0.4, -0.2) is 32.8 Å². The van der Waals surface area contributed by atoms with Crippen molar-refractivity contribution in [1.29, 1.82) is 0 Å². The van der Waals surface area contributed by atoms with E-state index in [4.69, 9.17) is 23.2 Å². The highest BCUT2D eigenvalue weighted by Gasteiger charge is 2.19. The lowest BCUT2D eigenvalue weighted by Crippen LogP contribution is -2.38. The van der Waals surface area contributed by atoms with Crippen LogP contribution in [0.5, 0.6) is 0 Å². The van der Waals surface area contributed by atoms with Crippen molar-refractivity contribution < 1.29 is 0 Å². The first kappa shape index (κ1) is 16.2. The van der Waals surface area contributed by atoms with Gasteiger partial charge in [0.05, 0.1) is 15.7 Å². The van der Waals surface area contributed by atoms with Crippen molar-refractivity contribution in [2.45, 2.75) is 13.0 Å². The molecule has 0 spiro atoms. The largest absolute Gasteiger partial charge is 0.356 e. The molecular formula is C17H16Cl2N6. The maximum absolute atomic E-state index is 6.30. The van der Waals surface area contributed by atoms with Gasteiger partial charge >= 0.3 is 0 Å². The molecule has 8 heteroatoms. The van der Waals surface area contributed by atoms with E-state index in [0.717, 1.165) is 24.5 Å². The average Bonchev–Trinajstić information content (AvgIpc) is 3.03. The van der Waals surface area contributed by atoms with Gasteiger partial charge < -0.3 is 10.2 Å². The van der Waals surface area contributed by atoms with Gasteiger partial charge in [0.15, 0.2) is 0 Å². The number of hydrogen-bond donors (Lipinski definition) is 1. The molecule has 0 bridgehead atoms. The van der Waals surface area contributed by atoms with Gasteiger partial charge in [0.1, 0.15) is 12.1 Å². The lowest BCUT2D eigenvalue weighted by Gasteiger charge is -2.33. The molecule has 1 aliphatic rings. The molecule has 3 heterocycles. The quantitative estimate of drug-likeness (QED) is 0.735.